The third-order valence-electron chi connectivity index (χ3n) is 4.37. The lowest BCUT2D eigenvalue weighted by Crippen LogP contribution is -2.31. The minimum Gasteiger partial charge on any atom is -0.323 e. The molecule has 0 spiro atoms. The fourth-order valence-corrected chi connectivity index (χ4v) is 4.75. The molecule has 1 N–H and O–H groups in total. The molecule has 0 saturated carbocycles. The Kier molecular flexibility index (Phi) is 5.69. The zero-order valence-electron chi connectivity index (χ0n) is 14.8. The number of carbonyl (C=O) groups excluding carboxylic acids is 1. The number of hydrogen-bond acceptors (Lipinski definition) is 4. The van der Waals surface area contributed by atoms with Gasteiger partial charge in [0.2, 0.25) is 15.9 Å². The number of sulfonamides is 1. The van der Waals surface area contributed by atoms with E-state index >= 15 is 0 Å². The van der Waals surface area contributed by atoms with Crippen LogP contribution >= 0.6 is 11.6 Å². The number of rotatable bonds is 5. The Morgan fingerprint density at radius 2 is 1.89 bits per heavy atom. The van der Waals surface area contributed by atoms with E-state index < -0.39 is 21.5 Å². The highest BCUT2D eigenvalue weighted by Gasteiger charge is 2.27. The molecule has 1 saturated heterocycles. The minimum atomic E-state index is -3.66. The molecule has 0 unspecified atom stereocenters. The van der Waals surface area contributed by atoms with Gasteiger partial charge in [0.05, 0.1) is 15.6 Å². The molecule has 1 aliphatic heterocycles. The number of benzene rings is 1. The van der Waals surface area contributed by atoms with Crippen molar-refractivity contribution in [3.63, 3.8) is 0 Å². The molecule has 1 aliphatic rings. The van der Waals surface area contributed by atoms with Crippen molar-refractivity contribution in [1.29, 1.82) is 0 Å². The van der Waals surface area contributed by atoms with Crippen molar-refractivity contribution < 1.29 is 13.2 Å². The quantitative estimate of drug-likeness (QED) is 0.820. The Bertz CT molecular complexity index is 1030. The summed E-state index contributed by atoms with van der Waals surface area (Å²) in [5.74, 6) is -0.474. The Balaban J connectivity index is 1.80. The molecule has 9 heteroatoms. The molecule has 0 atom stereocenters. The minimum absolute atomic E-state index is 0.00479. The molecule has 1 aromatic heterocycles. The van der Waals surface area contributed by atoms with Crippen LogP contribution in [0.15, 0.2) is 46.2 Å². The normalized spacial score (nSPS) is 15.0. The van der Waals surface area contributed by atoms with Gasteiger partial charge < -0.3 is 9.88 Å². The molecular formula is C18H20ClN3O4S. The van der Waals surface area contributed by atoms with Crippen molar-refractivity contribution in [2.45, 2.75) is 31.2 Å². The summed E-state index contributed by atoms with van der Waals surface area (Å²) < 4.78 is 27.8. The molecule has 0 radical (unpaired) electrons. The van der Waals surface area contributed by atoms with E-state index in [1.807, 2.05) is 6.92 Å². The SMILES string of the molecule is Cc1ccc(NC(=O)Cn2cc(S(=O)(=O)N3CCCC3)ccc2=O)c(Cl)c1. The number of anilines is 1. The van der Waals surface area contributed by atoms with Crippen molar-refractivity contribution in [2.24, 2.45) is 0 Å². The predicted molar refractivity (Wildman–Crippen MR) is 104 cm³/mol. The van der Waals surface area contributed by atoms with Gasteiger partial charge in [-0.2, -0.15) is 4.31 Å². The average Bonchev–Trinajstić information content (AvgIpc) is 3.15. The summed E-state index contributed by atoms with van der Waals surface area (Å²) in [5, 5.41) is 3.03. The predicted octanol–water partition coefficient (Wildman–Crippen LogP) is 2.23. The van der Waals surface area contributed by atoms with Crippen LogP contribution < -0.4 is 10.9 Å². The summed E-state index contributed by atoms with van der Waals surface area (Å²) >= 11 is 6.10. The fraction of sp³-hybridized carbons (Fsp3) is 0.333. The third-order valence-corrected chi connectivity index (χ3v) is 6.57. The largest absolute Gasteiger partial charge is 0.323 e. The van der Waals surface area contributed by atoms with Gasteiger partial charge in [0.15, 0.2) is 0 Å². The van der Waals surface area contributed by atoms with Crippen molar-refractivity contribution in [1.82, 2.24) is 8.87 Å². The number of pyridine rings is 1. The molecule has 1 aromatic carbocycles. The number of halogens is 1. The lowest BCUT2D eigenvalue weighted by atomic mass is 10.2. The highest BCUT2D eigenvalue weighted by Crippen LogP contribution is 2.23. The van der Waals surface area contributed by atoms with E-state index in [0.717, 1.165) is 29.0 Å². The second kappa shape index (κ2) is 7.84. The lowest BCUT2D eigenvalue weighted by molar-refractivity contribution is -0.116. The van der Waals surface area contributed by atoms with E-state index in [0.29, 0.717) is 23.8 Å². The molecule has 0 aliphatic carbocycles. The summed E-state index contributed by atoms with van der Waals surface area (Å²) in [6, 6.07) is 7.63. The number of carbonyl (C=O) groups is 1. The molecule has 7 nitrogen and oxygen atoms in total. The molecule has 3 rings (SSSR count). The summed E-state index contributed by atoms with van der Waals surface area (Å²) in [4.78, 5) is 24.4. The Morgan fingerprint density at radius 3 is 2.56 bits per heavy atom. The van der Waals surface area contributed by atoms with Crippen LogP contribution in [0.2, 0.25) is 5.02 Å². The first-order valence-electron chi connectivity index (χ1n) is 8.54. The number of aryl methyl sites for hydroxylation is 1. The zero-order valence-corrected chi connectivity index (χ0v) is 16.4. The second-order valence-electron chi connectivity index (χ2n) is 6.47. The van der Waals surface area contributed by atoms with E-state index in [1.54, 1.807) is 18.2 Å². The van der Waals surface area contributed by atoms with Crippen LogP contribution in [0.5, 0.6) is 0 Å². The van der Waals surface area contributed by atoms with Crippen LogP contribution in [0.25, 0.3) is 0 Å². The van der Waals surface area contributed by atoms with Crippen LogP contribution in [0.1, 0.15) is 18.4 Å². The van der Waals surface area contributed by atoms with Gasteiger partial charge >= 0.3 is 0 Å². The molecule has 144 valence electrons. The lowest BCUT2D eigenvalue weighted by Gasteiger charge is -2.16. The van der Waals surface area contributed by atoms with Gasteiger partial charge in [0, 0.05) is 25.4 Å². The van der Waals surface area contributed by atoms with E-state index in [9.17, 15) is 18.0 Å². The second-order valence-corrected chi connectivity index (χ2v) is 8.82. The van der Waals surface area contributed by atoms with Gasteiger partial charge in [-0.1, -0.05) is 17.7 Å². The maximum Gasteiger partial charge on any atom is 0.251 e. The maximum atomic E-state index is 12.6. The van der Waals surface area contributed by atoms with Crippen molar-refractivity contribution >= 4 is 33.2 Å². The number of aromatic nitrogens is 1. The van der Waals surface area contributed by atoms with Crippen LogP contribution in [-0.4, -0.2) is 36.3 Å². The first-order valence-corrected chi connectivity index (χ1v) is 10.4. The number of amides is 1. The summed E-state index contributed by atoms with van der Waals surface area (Å²) in [5.41, 5.74) is 0.927. The number of nitrogens with one attached hydrogen (secondary N) is 1. The Labute approximate surface area is 162 Å². The van der Waals surface area contributed by atoms with Gasteiger partial charge in [-0.15, -0.1) is 0 Å². The van der Waals surface area contributed by atoms with E-state index in [1.165, 1.54) is 16.6 Å². The molecule has 0 bridgehead atoms. The van der Waals surface area contributed by atoms with Crippen molar-refractivity contribution in [2.75, 3.05) is 18.4 Å². The fourth-order valence-electron chi connectivity index (χ4n) is 2.93. The highest BCUT2D eigenvalue weighted by atomic mass is 35.5. The van der Waals surface area contributed by atoms with Crippen molar-refractivity contribution in [3.05, 3.63) is 57.5 Å². The van der Waals surface area contributed by atoms with E-state index in [2.05, 4.69) is 5.32 Å². The summed E-state index contributed by atoms with van der Waals surface area (Å²) in [6.45, 7) is 2.50. The Morgan fingerprint density at radius 1 is 1.19 bits per heavy atom. The number of hydrogen-bond donors (Lipinski definition) is 1. The standard InChI is InChI=1S/C18H20ClN3O4S/c1-13-4-6-16(15(19)10-13)20-17(23)12-21-11-14(5-7-18(21)24)27(25,26)22-8-2-3-9-22/h4-7,10-11H,2-3,8-9,12H2,1H3,(H,20,23). The summed E-state index contributed by atoms with van der Waals surface area (Å²) in [7, 11) is -3.66. The number of nitrogens with zero attached hydrogens (tertiary/aromatic N) is 2. The molecular weight excluding hydrogens is 390 g/mol. The molecule has 1 fully saturated rings. The first-order chi connectivity index (χ1) is 12.8. The van der Waals surface area contributed by atoms with Gasteiger partial charge in [-0.05, 0) is 43.5 Å². The smallest absolute Gasteiger partial charge is 0.251 e. The van der Waals surface area contributed by atoms with Gasteiger partial charge in [0.25, 0.3) is 5.56 Å². The molecule has 1 amide bonds. The van der Waals surface area contributed by atoms with E-state index in [-0.39, 0.29) is 11.4 Å². The summed E-state index contributed by atoms with van der Waals surface area (Å²) in [6.07, 6.45) is 2.85. The molecule has 27 heavy (non-hydrogen) atoms. The topological polar surface area (TPSA) is 88.5 Å². The first kappa shape index (κ1) is 19.6. The van der Waals surface area contributed by atoms with Crippen LogP contribution in [0.3, 0.4) is 0 Å². The van der Waals surface area contributed by atoms with Gasteiger partial charge in [0.1, 0.15) is 6.54 Å². The van der Waals surface area contributed by atoms with Gasteiger partial charge in [-0.3, -0.25) is 9.59 Å². The average molecular weight is 410 g/mol. The van der Waals surface area contributed by atoms with Crippen LogP contribution in [0, 0.1) is 6.92 Å². The molecule has 2 heterocycles. The van der Waals surface area contributed by atoms with Crippen LogP contribution in [0.4, 0.5) is 5.69 Å². The third kappa shape index (κ3) is 4.40. The maximum absolute atomic E-state index is 12.6. The van der Waals surface area contributed by atoms with Gasteiger partial charge in [-0.25, -0.2) is 8.42 Å². The monoisotopic (exact) mass is 409 g/mol. The van der Waals surface area contributed by atoms with E-state index in [4.69, 9.17) is 11.6 Å². The highest BCUT2D eigenvalue weighted by molar-refractivity contribution is 7.89. The molecule has 2 aromatic rings. The zero-order chi connectivity index (χ0) is 19.6. The van der Waals surface area contributed by atoms with Crippen LogP contribution in [-0.2, 0) is 21.4 Å². The Hall–Kier alpha value is -2.16. The van der Waals surface area contributed by atoms with Crippen molar-refractivity contribution in [3.8, 4) is 0 Å².